The molecule has 2 aromatic heterocycles. The zero-order valence-electron chi connectivity index (χ0n) is 15.0. The SMILES string of the molecule is CCN(c1cnc2ccccc2c1)C(C)c1c(C)[nH]c2ccccc12. The Kier molecular flexibility index (Phi) is 3.92. The molecule has 2 heterocycles. The van der Waals surface area contributed by atoms with Crippen molar-refractivity contribution < 1.29 is 0 Å². The Morgan fingerprint density at radius 2 is 1.84 bits per heavy atom. The normalized spacial score (nSPS) is 12.6. The maximum Gasteiger partial charge on any atom is 0.0703 e. The maximum atomic E-state index is 4.65. The smallest absolute Gasteiger partial charge is 0.0703 e. The van der Waals surface area contributed by atoms with Crippen molar-refractivity contribution in [2.45, 2.75) is 26.8 Å². The molecule has 0 amide bonds. The van der Waals surface area contributed by atoms with Gasteiger partial charge in [0.25, 0.3) is 0 Å². The largest absolute Gasteiger partial charge is 0.364 e. The molecule has 0 aliphatic carbocycles. The molecule has 4 rings (SSSR count). The third kappa shape index (κ3) is 2.66. The number of hydrogen-bond acceptors (Lipinski definition) is 2. The van der Waals surface area contributed by atoms with Crippen LogP contribution in [-0.2, 0) is 0 Å². The number of H-pyrrole nitrogens is 1. The molecular weight excluding hydrogens is 306 g/mol. The first-order valence-electron chi connectivity index (χ1n) is 8.87. The van der Waals surface area contributed by atoms with E-state index < -0.39 is 0 Å². The van der Waals surface area contributed by atoms with Crippen LogP contribution in [0.15, 0.2) is 60.8 Å². The first kappa shape index (κ1) is 15.7. The molecule has 3 nitrogen and oxygen atoms in total. The van der Waals surface area contributed by atoms with Crippen LogP contribution < -0.4 is 4.90 Å². The third-order valence-corrected chi connectivity index (χ3v) is 5.08. The molecule has 25 heavy (non-hydrogen) atoms. The van der Waals surface area contributed by atoms with E-state index in [1.165, 1.54) is 33.2 Å². The zero-order chi connectivity index (χ0) is 17.4. The minimum atomic E-state index is 0.268. The number of aromatic nitrogens is 2. The highest BCUT2D eigenvalue weighted by atomic mass is 15.2. The van der Waals surface area contributed by atoms with E-state index >= 15 is 0 Å². The lowest BCUT2D eigenvalue weighted by atomic mass is 10.0. The highest BCUT2D eigenvalue weighted by molar-refractivity contribution is 5.86. The number of nitrogens with one attached hydrogen (secondary N) is 1. The van der Waals surface area contributed by atoms with Gasteiger partial charge in [-0.1, -0.05) is 36.4 Å². The second-order valence-electron chi connectivity index (χ2n) is 6.56. The average Bonchev–Trinajstić information content (AvgIpc) is 2.97. The number of para-hydroxylation sites is 2. The highest BCUT2D eigenvalue weighted by Crippen LogP contribution is 2.34. The van der Waals surface area contributed by atoms with Gasteiger partial charge in [0.2, 0.25) is 0 Å². The summed E-state index contributed by atoms with van der Waals surface area (Å²) in [6.45, 7) is 7.58. The number of rotatable bonds is 4. The maximum absolute atomic E-state index is 4.65. The fraction of sp³-hybridized carbons (Fsp3) is 0.227. The predicted octanol–water partition coefficient (Wildman–Crippen LogP) is 5.61. The molecule has 0 radical (unpaired) electrons. The Morgan fingerprint density at radius 1 is 1.08 bits per heavy atom. The van der Waals surface area contributed by atoms with Gasteiger partial charge in [0.1, 0.15) is 0 Å². The van der Waals surface area contributed by atoms with Gasteiger partial charge in [0.15, 0.2) is 0 Å². The Labute approximate surface area is 148 Å². The van der Waals surface area contributed by atoms with Crippen LogP contribution in [0.3, 0.4) is 0 Å². The molecule has 0 saturated carbocycles. The summed E-state index contributed by atoms with van der Waals surface area (Å²) in [4.78, 5) is 10.6. The van der Waals surface area contributed by atoms with Crippen LogP contribution in [0.2, 0.25) is 0 Å². The molecule has 0 aliphatic rings. The van der Waals surface area contributed by atoms with E-state index in [-0.39, 0.29) is 6.04 Å². The standard InChI is InChI=1S/C22H23N3/c1-4-25(18-13-17-9-5-7-11-20(17)23-14-18)16(3)22-15(2)24-21-12-8-6-10-19(21)22/h5-14,16,24H,4H2,1-3H3. The first-order chi connectivity index (χ1) is 12.2. The molecule has 126 valence electrons. The molecule has 4 aromatic rings. The number of nitrogens with zero attached hydrogens (tertiary/aromatic N) is 2. The van der Waals surface area contributed by atoms with Crippen molar-refractivity contribution in [1.29, 1.82) is 0 Å². The first-order valence-corrected chi connectivity index (χ1v) is 8.87. The number of hydrogen-bond donors (Lipinski definition) is 1. The molecule has 0 saturated heterocycles. The van der Waals surface area contributed by atoms with Gasteiger partial charge in [0.05, 0.1) is 23.4 Å². The minimum Gasteiger partial charge on any atom is -0.364 e. The van der Waals surface area contributed by atoms with Gasteiger partial charge in [0, 0.05) is 34.1 Å². The highest BCUT2D eigenvalue weighted by Gasteiger charge is 2.21. The predicted molar refractivity (Wildman–Crippen MR) is 106 cm³/mol. The van der Waals surface area contributed by atoms with E-state index in [9.17, 15) is 0 Å². The number of fused-ring (bicyclic) bond motifs is 2. The summed E-state index contributed by atoms with van der Waals surface area (Å²) in [5.41, 5.74) is 6.01. The lowest BCUT2D eigenvalue weighted by molar-refractivity contribution is 0.689. The van der Waals surface area contributed by atoms with Gasteiger partial charge in [-0.15, -0.1) is 0 Å². The summed E-state index contributed by atoms with van der Waals surface area (Å²) in [7, 11) is 0. The fourth-order valence-corrected chi connectivity index (χ4v) is 3.89. The van der Waals surface area contributed by atoms with Crippen LogP contribution in [-0.4, -0.2) is 16.5 Å². The van der Waals surface area contributed by atoms with Crippen molar-refractivity contribution in [3.05, 3.63) is 72.1 Å². The van der Waals surface area contributed by atoms with Crippen LogP contribution in [0.5, 0.6) is 0 Å². The Morgan fingerprint density at radius 3 is 2.68 bits per heavy atom. The Hall–Kier alpha value is -2.81. The van der Waals surface area contributed by atoms with E-state index in [2.05, 4.69) is 84.2 Å². The van der Waals surface area contributed by atoms with Crippen molar-refractivity contribution in [3.63, 3.8) is 0 Å². The lowest BCUT2D eigenvalue weighted by Crippen LogP contribution is -2.26. The van der Waals surface area contributed by atoms with E-state index in [1.807, 2.05) is 12.3 Å². The quantitative estimate of drug-likeness (QED) is 0.527. The number of aromatic amines is 1. The molecule has 3 heteroatoms. The molecule has 1 atom stereocenters. The second-order valence-corrected chi connectivity index (χ2v) is 6.56. The number of anilines is 1. The molecule has 2 aromatic carbocycles. The molecule has 1 unspecified atom stereocenters. The van der Waals surface area contributed by atoms with E-state index in [1.54, 1.807) is 0 Å². The van der Waals surface area contributed by atoms with E-state index in [0.29, 0.717) is 0 Å². The van der Waals surface area contributed by atoms with Gasteiger partial charge in [-0.2, -0.15) is 0 Å². The van der Waals surface area contributed by atoms with E-state index in [4.69, 9.17) is 0 Å². The van der Waals surface area contributed by atoms with Crippen LogP contribution in [0.4, 0.5) is 5.69 Å². The Balaban J connectivity index is 1.80. The fourth-order valence-electron chi connectivity index (χ4n) is 3.89. The summed E-state index contributed by atoms with van der Waals surface area (Å²) in [6, 6.07) is 19.3. The van der Waals surface area contributed by atoms with Crippen molar-refractivity contribution >= 4 is 27.5 Å². The average molecular weight is 329 g/mol. The number of aryl methyl sites for hydroxylation is 1. The Bertz CT molecular complexity index is 1030. The van der Waals surface area contributed by atoms with Gasteiger partial charge in [-0.05, 0) is 39.0 Å². The summed E-state index contributed by atoms with van der Waals surface area (Å²) in [6.07, 6.45) is 1.99. The lowest BCUT2D eigenvalue weighted by Gasteiger charge is -2.30. The van der Waals surface area contributed by atoms with Gasteiger partial charge >= 0.3 is 0 Å². The number of pyridine rings is 1. The monoisotopic (exact) mass is 329 g/mol. The molecule has 0 aliphatic heterocycles. The third-order valence-electron chi connectivity index (χ3n) is 5.08. The van der Waals surface area contributed by atoms with Crippen LogP contribution in [0.1, 0.15) is 31.1 Å². The molecule has 0 bridgehead atoms. The minimum absolute atomic E-state index is 0.268. The van der Waals surface area contributed by atoms with Crippen LogP contribution in [0, 0.1) is 6.92 Å². The topological polar surface area (TPSA) is 31.9 Å². The van der Waals surface area contributed by atoms with Gasteiger partial charge < -0.3 is 9.88 Å². The summed E-state index contributed by atoms with van der Waals surface area (Å²) < 4.78 is 0. The second kappa shape index (κ2) is 6.25. The van der Waals surface area contributed by atoms with Crippen molar-refractivity contribution in [2.75, 3.05) is 11.4 Å². The summed E-state index contributed by atoms with van der Waals surface area (Å²) in [5, 5.41) is 2.49. The van der Waals surface area contributed by atoms with Gasteiger partial charge in [-0.3, -0.25) is 4.98 Å². The summed E-state index contributed by atoms with van der Waals surface area (Å²) >= 11 is 0. The van der Waals surface area contributed by atoms with Gasteiger partial charge in [-0.25, -0.2) is 0 Å². The zero-order valence-corrected chi connectivity index (χ0v) is 15.0. The number of benzene rings is 2. The van der Waals surface area contributed by atoms with Crippen molar-refractivity contribution in [1.82, 2.24) is 9.97 Å². The molecule has 0 fully saturated rings. The van der Waals surface area contributed by atoms with E-state index in [0.717, 1.165) is 12.1 Å². The van der Waals surface area contributed by atoms with Crippen LogP contribution >= 0.6 is 0 Å². The van der Waals surface area contributed by atoms with Crippen molar-refractivity contribution in [2.24, 2.45) is 0 Å². The molecular formula is C22H23N3. The summed E-state index contributed by atoms with van der Waals surface area (Å²) in [5.74, 6) is 0. The molecule has 1 N–H and O–H groups in total. The van der Waals surface area contributed by atoms with Crippen LogP contribution in [0.25, 0.3) is 21.8 Å². The molecule has 0 spiro atoms. The van der Waals surface area contributed by atoms with Crippen molar-refractivity contribution in [3.8, 4) is 0 Å².